The zero-order valence-electron chi connectivity index (χ0n) is 13.3. The highest BCUT2D eigenvalue weighted by Gasteiger charge is 2.15. The van der Waals surface area contributed by atoms with Gasteiger partial charge in [-0.3, -0.25) is 0 Å². The van der Waals surface area contributed by atoms with Gasteiger partial charge in [-0.05, 0) is 19.1 Å². The molecule has 4 rings (SSSR count). The fraction of sp³-hybridized carbons (Fsp3) is 0.105. The number of rotatable bonds is 4. The van der Waals surface area contributed by atoms with E-state index in [-0.39, 0.29) is 0 Å². The number of hydrogen-bond acceptors (Lipinski definition) is 4. The average molecular weight is 316 g/mol. The maximum absolute atomic E-state index is 5.73. The van der Waals surface area contributed by atoms with E-state index in [1.165, 1.54) is 0 Å². The van der Waals surface area contributed by atoms with Gasteiger partial charge in [-0.1, -0.05) is 48.5 Å². The van der Waals surface area contributed by atoms with Crippen LogP contribution < -0.4 is 4.74 Å². The van der Waals surface area contributed by atoms with Gasteiger partial charge in [0.2, 0.25) is 5.88 Å². The highest BCUT2D eigenvalue weighted by Crippen LogP contribution is 2.27. The van der Waals surface area contributed by atoms with Crippen molar-refractivity contribution in [3.05, 3.63) is 66.9 Å². The quantitative estimate of drug-likeness (QED) is 0.573. The Labute approximate surface area is 139 Å². The molecule has 0 radical (unpaired) electrons. The van der Waals surface area contributed by atoms with Crippen LogP contribution in [0.5, 0.6) is 5.88 Å². The van der Waals surface area contributed by atoms with Gasteiger partial charge in [0, 0.05) is 5.56 Å². The minimum atomic E-state index is 0.539. The molecule has 2 heterocycles. The Hall–Kier alpha value is -3.21. The Morgan fingerprint density at radius 2 is 1.62 bits per heavy atom. The Kier molecular flexibility index (Phi) is 3.67. The van der Waals surface area contributed by atoms with E-state index >= 15 is 0 Å². The molecule has 0 fully saturated rings. The topological polar surface area (TPSA) is 52.8 Å². The van der Waals surface area contributed by atoms with Crippen LogP contribution in [0.25, 0.3) is 28.1 Å². The van der Waals surface area contributed by atoms with Crippen LogP contribution in [0, 0.1) is 0 Å². The third-order valence-corrected chi connectivity index (χ3v) is 3.71. The van der Waals surface area contributed by atoms with Crippen LogP contribution in [0.2, 0.25) is 0 Å². The summed E-state index contributed by atoms with van der Waals surface area (Å²) in [5.41, 5.74) is 2.63. The Balaban J connectivity index is 1.96. The van der Waals surface area contributed by atoms with Crippen molar-refractivity contribution in [3.63, 3.8) is 0 Å². The normalized spacial score (nSPS) is 10.9. The van der Waals surface area contributed by atoms with Gasteiger partial charge in [-0.15, -0.1) is 0 Å². The second-order valence-corrected chi connectivity index (χ2v) is 5.28. The maximum Gasteiger partial charge on any atom is 0.228 e. The van der Waals surface area contributed by atoms with Crippen LogP contribution in [-0.2, 0) is 0 Å². The highest BCUT2D eigenvalue weighted by molar-refractivity contribution is 5.83. The first kappa shape index (κ1) is 14.4. The molecule has 0 atom stereocenters. The number of ether oxygens (including phenoxy) is 1. The third-order valence-electron chi connectivity index (χ3n) is 3.71. The number of benzene rings is 2. The summed E-state index contributed by atoms with van der Waals surface area (Å²) >= 11 is 0. The van der Waals surface area contributed by atoms with E-state index in [1.54, 1.807) is 6.20 Å². The predicted molar refractivity (Wildman–Crippen MR) is 93.3 cm³/mol. The second kappa shape index (κ2) is 6.12. The van der Waals surface area contributed by atoms with E-state index in [1.807, 2.05) is 72.3 Å². The molecule has 118 valence electrons. The van der Waals surface area contributed by atoms with Crippen molar-refractivity contribution in [2.24, 2.45) is 0 Å². The summed E-state index contributed by atoms with van der Waals surface area (Å²) in [6, 6.07) is 19.8. The Bertz CT molecular complexity index is 965. The lowest BCUT2D eigenvalue weighted by Crippen LogP contribution is -2.02. The second-order valence-electron chi connectivity index (χ2n) is 5.28. The van der Waals surface area contributed by atoms with E-state index in [2.05, 4.69) is 10.1 Å². The molecule has 0 aliphatic heterocycles. The molecule has 2 aromatic carbocycles. The van der Waals surface area contributed by atoms with Crippen molar-refractivity contribution in [1.82, 2.24) is 19.7 Å². The molecule has 0 amide bonds. The lowest BCUT2D eigenvalue weighted by molar-refractivity contribution is 0.331. The first-order valence-corrected chi connectivity index (χ1v) is 7.86. The van der Waals surface area contributed by atoms with E-state index < -0.39 is 0 Å². The van der Waals surface area contributed by atoms with Crippen LogP contribution >= 0.6 is 0 Å². The first-order chi connectivity index (χ1) is 11.9. The zero-order chi connectivity index (χ0) is 16.4. The van der Waals surface area contributed by atoms with Crippen LogP contribution in [0.1, 0.15) is 6.92 Å². The fourth-order valence-electron chi connectivity index (χ4n) is 2.60. The maximum atomic E-state index is 5.73. The highest BCUT2D eigenvalue weighted by atomic mass is 16.5. The lowest BCUT2D eigenvalue weighted by Gasteiger charge is -2.08. The van der Waals surface area contributed by atoms with Gasteiger partial charge in [-0.2, -0.15) is 10.1 Å². The molecule has 0 aliphatic carbocycles. The van der Waals surface area contributed by atoms with Crippen molar-refractivity contribution in [2.75, 3.05) is 6.61 Å². The monoisotopic (exact) mass is 316 g/mol. The van der Waals surface area contributed by atoms with Crippen molar-refractivity contribution in [3.8, 4) is 23.0 Å². The first-order valence-electron chi connectivity index (χ1n) is 7.86. The predicted octanol–water partition coefficient (Wildman–Crippen LogP) is 3.88. The molecular formula is C19H16N4O. The summed E-state index contributed by atoms with van der Waals surface area (Å²) in [4.78, 5) is 9.32. The molecule has 5 nitrogen and oxygen atoms in total. The zero-order valence-corrected chi connectivity index (χ0v) is 13.3. The van der Waals surface area contributed by atoms with Gasteiger partial charge >= 0.3 is 0 Å². The van der Waals surface area contributed by atoms with Crippen molar-refractivity contribution in [2.45, 2.75) is 6.92 Å². The molecule has 5 heteroatoms. The van der Waals surface area contributed by atoms with E-state index in [4.69, 9.17) is 9.72 Å². The fourth-order valence-corrected chi connectivity index (χ4v) is 2.60. The minimum Gasteiger partial charge on any atom is -0.477 e. The SMILES string of the molecule is CCOc1nc(-c2ccccc2)nc2c1cnn2-c1ccccc1. The van der Waals surface area contributed by atoms with E-state index in [0.29, 0.717) is 18.3 Å². The molecule has 0 saturated heterocycles. The van der Waals surface area contributed by atoms with Crippen LogP contribution in [0.4, 0.5) is 0 Å². The summed E-state index contributed by atoms with van der Waals surface area (Å²) in [7, 11) is 0. The average Bonchev–Trinajstić information content (AvgIpc) is 3.08. The van der Waals surface area contributed by atoms with Crippen LogP contribution in [0.3, 0.4) is 0 Å². The molecule has 0 aliphatic rings. The van der Waals surface area contributed by atoms with Crippen LogP contribution in [-0.4, -0.2) is 26.4 Å². The molecule has 0 N–H and O–H groups in total. The summed E-state index contributed by atoms with van der Waals surface area (Å²) in [6.07, 6.45) is 1.75. The molecule has 2 aromatic heterocycles. The number of hydrogen-bond donors (Lipinski definition) is 0. The van der Waals surface area contributed by atoms with Crippen LogP contribution in [0.15, 0.2) is 66.9 Å². The Morgan fingerprint density at radius 3 is 2.33 bits per heavy atom. The summed E-state index contributed by atoms with van der Waals surface area (Å²) in [5, 5.41) is 5.28. The van der Waals surface area contributed by atoms with Gasteiger partial charge in [0.05, 0.1) is 18.5 Å². The lowest BCUT2D eigenvalue weighted by atomic mass is 10.2. The van der Waals surface area contributed by atoms with Crippen molar-refractivity contribution >= 4 is 11.0 Å². The van der Waals surface area contributed by atoms with Crippen molar-refractivity contribution < 1.29 is 4.74 Å². The van der Waals surface area contributed by atoms with Gasteiger partial charge in [0.15, 0.2) is 11.5 Å². The molecule has 24 heavy (non-hydrogen) atoms. The van der Waals surface area contributed by atoms with Gasteiger partial charge < -0.3 is 4.74 Å². The number of nitrogens with zero attached hydrogens (tertiary/aromatic N) is 4. The number of para-hydroxylation sites is 1. The summed E-state index contributed by atoms with van der Waals surface area (Å²) in [5.74, 6) is 1.19. The van der Waals surface area contributed by atoms with Gasteiger partial charge in [0.1, 0.15) is 5.39 Å². The molecule has 0 saturated carbocycles. The van der Waals surface area contributed by atoms with E-state index in [0.717, 1.165) is 22.3 Å². The van der Waals surface area contributed by atoms with Gasteiger partial charge in [0.25, 0.3) is 0 Å². The smallest absolute Gasteiger partial charge is 0.228 e. The van der Waals surface area contributed by atoms with Gasteiger partial charge in [-0.25, -0.2) is 9.67 Å². The Morgan fingerprint density at radius 1 is 0.917 bits per heavy atom. The molecular weight excluding hydrogens is 300 g/mol. The number of fused-ring (bicyclic) bond motifs is 1. The molecule has 0 bridgehead atoms. The molecule has 0 unspecified atom stereocenters. The standard InChI is InChI=1S/C19H16N4O/c1-2-24-19-16-13-20-23(15-11-7-4-8-12-15)18(16)21-17(22-19)14-9-5-3-6-10-14/h3-13H,2H2,1H3. The van der Waals surface area contributed by atoms with Crippen molar-refractivity contribution in [1.29, 1.82) is 0 Å². The van der Waals surface area contributed by atoms with E-state index in [9.17, 15) is 0 Å². The largest absolute Gasteiger partial charge is 0.477 e. The minimum absolute atomic E-state index is 0.539. The molecule has 4 aromatic rings. The third kappa shape index (κ3) is 2.50. The number of aromatic nitrogens is 4. The molecule has 0 spiro atoms. The summed E-state index contributed by atoms with van der Waals surface area (Å²) in [6.45, 7) is 2.48. The summed E-state index contributed by atoms with van der Waals surface area (Å²) < 4.78 is 7.54.